The molecule has 2 amide bonds. The fourth-order valence-electron chi connectivity index (χ4n) is 4.87. The smallest absolute Gasteiger partial charge is 0.414 e. The minimum atomic E-state index is -0.314. The number of benzene rings is 2. The number of halogens is 1. The van der Waals surface area contributed by atoms with Crippen molar-refractivity contribution in [2.75, 3.05) is 31.1 Å². The first kappa shape index (κ1) is 22.0. The Hall–Kier alpha value is -2.77. The summed E-state index contributed by atoms with van der Waals surface area (Å²) >= 11 is 6.48. The Labute approximate surface area is 198 Å². The Morgan fingerprint density at radius 1 is 1.06 bits per heavy atom. The van der Waals surface area contributed by atoms with Crippen LogP contribution >= 0.6 is 11.6 Å². The van der Waals surface area contributed by atoms with Crippen molar-refractivity contribution in [3.05, 3.63) is 58.6 Å². The number of nitrogens with one attached hydrogen (secondary N) is 1. The second-order valence-corrected chi connectivity index (χ2v) is 9.19. The van der Waals surface area contributed by atoms with Gasteiger partial charge in [0.1, 0.15) is 18.5 Å². The van der Waals surface area contributed by atoms with E-state index in [9.17, 15) is 9.59 Å². The van der Waals surface area contributed by atoms with Gasteiger partial charge in [-0.25, -0.2) is 4.79 Å². The normalized spacial score (nSPS) is 19.7. The first-order valence-electron chi connectivity index (χ1n) is 11.6. The van der Waals surface area contributed by atoms with Crippen molar-refractivity contribution in [2.45, 2.75) is 44.4 Å². The Morgan fingerprint density at radius 2 is 1.82 bits per heavy atom. The fourth-order valence-corrected chi connectivity index (χ4v) is 5.12. The lowest BCUT2D eigenvalue weighted by Crippen LogP contribution is -2.50. The maximum Gasteiger partial charge on any atom is 0.414 e. The monoisotopic (exact) mass is 469 g/mol. The molecule has 3 aliphatic heterocycles. The first-order chi connectivity index (χ1) is 16.1. The highest BCUT2D eigenvalue weighted by Gasteiger charge is 2.35. The lowest BCUT2D eigenvalue weighted by Gasteiger charge is -2.40. The van der Waals surface area contributed by atoms with E-state index in [2.05, 4.69) is 5.32 Å². The summed E-state index contributed by atoms with van der Waals surface area (Å²) < 4.78 is 11.4. The molecule has 2 fully saturated rings. The zero-order valence-corrected chi connectivity index (χ0v) is 19.2. The van der Waals surface area contributed by atoms with Gasteiger partial charge in [-0.2, -0.15) is 0 Å². The molecule has 2 aromatic rings. The molecule has 5 rings (SSSR count). The molecule has 174 valence electrons. The zero-order valence-electron chi connectivity index (χ0n) is 18.5. The number of rotatable bonds is 4. The maximum absolute atomic E-state index is 13.2. The number of para-hydroxylation sites is 1. The summed E-state index contributed by atoms with van der Waals surface area (Å²) in [6.07, 6.45) is 3.15. The second kappa shape index (κ2) is 9.61. The van der Waals surface area contributed by atoms with Gasteiger partial charge in [0.15, 0.2) is 0 Å². The summed E-state index contributed by atoms with van der Waals surface area (Å²) in [5, 5.41) is 3.72. The quantitative estimate of drug-likeness (QED) is 0.725. The van der Waals surface area contributed by atoms with Crippen LogP contribution in [0.4, 0.5) is 10.5 Å². The third-order valence-electron chi connectivity index (χ3n) is 6.68. The van der Waals surface area contributed by atoms with Crippen molar-refractivity contribution in [3.8, 4) is 5.75 Å². The molecule has 3 heterocycles. The minimum Gasteiger partial charge on any atom is -0.490 e. The van der Waals surface area contributed by atoms with Crippen molar-refractivity contribution in [1.29, 1.82) is 0 Å². The molecule has 33 heavy (non-hydrogen) atoms. The molecule has 0 radical (unpaired) electrons. The highest BCUT2D eigenvalue weighted by molar-refractivity contribution is 6.34. The number of nitrogens with zero attached hydrogens (tertiary/aromatic N) is 2. The van der Waals surface area contributed by atoms with Gasteiger partial charge in [0, 0.05) is 24.7 Å². The Morgan fingerprint density at radius 3 is 2.58 bits per heavy atom. The third kappa shape index (κ3) is 4.66. The molecule has 7 nitrogen and oxygen atoms in total. The van der Waals surface area contributed by atoms with Crippen molar-refractivity contribution in [1.82, 2.24) is 10.2 Å². The van der Waals surface area contributed by atoms with Gasteiger partial charge in [0.05, 0.1) is 16.3 Å². The van der Waals surface area contributed by atoms with Crippen LogP contribution < -0.4 is 15.0 Å². The van der Waals surface area contributed by atoms with E-state index >= 15 is 0 Å². The summed E-state index contributed by atoms with van der Waals surface area (Å²) in [6.45, 7) is 3.31. The summed E-state index contributed by atoms with van der Waals surface area (Å²) in [7, 11) is 0. The number of amides is 2. The van der Waals surface area contributed by atoms with E-state index < -0.39 is 0 Å². The molecule has 2 saturated heterocycles. The summed E-state index contributed by atoms with van der Waals surface area (Å²) in [5.74, 6) is 0.609. The number of cyclic esters (lactones) is 1. The number of hydrogen-bond donors (Lipinski definition) is 1. The van der Waals surface area contributed by atoms with Crippen LogP contribution in [0.15, 0.2) is 42.5 Å². The van der Waals surface area contributed by atoms with Gasteiger partial charge in [0.25, 0.3) is 5.91 Å². The van der Waals surface area contributed by atoms with Gasteiger partial charge in [0.2, 0.25) is 0 Å². The fraction of sp³-hybridized carbons (Fsp3) is 0.440. The number of hydrogen-bond acceptors (Lipinski definition) is 5. The van der Waals surface area contributed by atoms with Gasteiger partial charge in [-0.3, -0.25) is 9.69 Å². The molecule has 1 N–H and O–H groups in total. The lowest BCUT2D eigenvalue weighted by molar-refractivity contribution is 0.0708. The number of carbonyl (C=O) groups excluding carboxylic acids is 2. The van der Waals surface area contributed by atoms with Gasteiger partial charge < -0.3 is 19.7 Å². The average molecular weight is 470 g/mol. The molecule has 2 aromatic carbocycles. The number of fused-ring (bicyclic) bond motifs is 1. The van der Waals surface area contributed by atoms with Crippen LogP contribution in [0.5, 0.6) is 5.75 Å². The molecular formula is C25H28ClN3O4. The van der Waals surface area contributed by atoms with Crippen LogP contribution in [-0.4, -0.2) is 55.2 Å². The van der Waals surface area contributed by atoms with Crippen molar-refractivity contribution in [3.63, 3.8) is 0 Å². The Balaban J connectivity index is 1.22. The minimum absolute atomic E-state index is 0.000712. The van der Waals surface area contributed by atoms with Crippen LogP contribution in [0.3, 0.4) is 0 Å². The van der Waals surface area contributed by atoms with E-state index in [4.69, 9.17) is 21.1 Å². The van der Waals surface area contributed by atoms with E-state index in [1.165, 1.54) is 0 Å². The van der Waals surface area contributed by atoms with E-state index in [-0.39, 0.29) is 24.1 Å². The number of likely N-dealkylation sites (tertiary alicyclic amines) is 1. The molecule has 3 aliphatic rings. The molecule has 0 aliphatic carbocycles. The maximum atomic E-state index is 13.2. The molecule has 0 bridgehead atoms. The van der Waals surface area contributed by atoms with Gasteiger partial charge >= 0.3 is 6.09 Å². The van der Waals surface area contributed by atoms with Crippen LogP contribution in [-0.2, 0) is 11.3 Å². The number of piperidine rings is 2. The number of ether oxygens (including phenoxy) is 2. The van der Waals surface area contributed by atoms with Crippen LogP contribution in [0, 0.1) is 0 Å². The summed E-state index contributed by atoms with van der Waals surface area (Å²) in [5.41, 5.74) is 2.40. The van der Waals surface area contributed by atoms with E-state index in [1.807, 2.05) is 35.2 Å². The predicted molar refractivity (Wildman–Crippen MR) is 126 cm³/mol. The topological polar surface area (TPSA) is 71.1 Å². The van der Waals surface area contributed by atoms with E-state index in [0.717, 1.165) is 37.2 Å². The van der Waals surface area contributed by atoms with Crippen molar-refractivity contribution >= 4 is 29.3 Å². The first-order valence-corrected chi connectivity index (χ1v) is 12.0. The van der Waals surface area contributed by atoms with Gasteiger partial charge in [-0.1, -0.05) is 29.8 Å². The standard InChI is InChI=1S/C25H28ClN3O4/c26-22-15-20(33-19-7-11-27-12-8-19)5-6-21(22)24(30)28-13-9-18(10-14-28)29-23-4-2-1-3-17(23)16-32-25(29)31/h1-6,15,18-19,27H,7-14,16H2. The Bertz CT molecular complexity index is 1030. The highest BCUT2D eigenvalue weighted by Crippen LogP contribution is 2.32. The predicted octanol–water partition coefficient (Wildman–Crippen LogP) is 4.23. The van der Waals surface area contributed by atoms with E-state index in [0.29, 0.717) is 48.9 Å². The summed E-state index contributed by atoms with van der Waals surface area (Å²) in [4.78, 5) is 29.2. The molecule has 0 saturated carbocycles. The molecule has 0 atom stereocenters. The average Bonchev–Trinajstić information content (AvgIpc) is 2.84. The van der Waals surface area contributed by atoms with Crippen LogP contribution in [0.1, 0.15) is 41.6 Å². The number of anilines is 1. The van der Waals surface area contributed by atoms with Crippen molar-refractivity contribution in [2.24, 2.45) is 0 Å². The SMILES string of the molecule is O=C(c1ccc(OC2CCNCC2)cc1Cl)N1CCC(N2C(=O)OCc3ccccc32)CC1. The highest BCUT2D eigenvalue weighted by atomic mass is 35.5. The van der Waals surface area contributed by atoms with Crippen LogP contribution in [0.2, 0.25) is 5.02 Å². The molecular weight excluding hydrogens is 442 g/mol. The molecule has 0 unspecified atom stereocenters. The van der Waals surface area contributed by atoms with E-state index in [1.54, 1.807) is 17.0 Å². The molecule has 8 heteroatoms. The zero-order chi connectivity index (χ0) is 22.8. The lowest BCUT2D eigenvalue weighted by atomic mass is 10.00. The molecule has 0 aromatic heterocycles. The second-order valence-electron chi connectivity index (χ2n) is 8.79. The van der Waals surface area contributed by atoms with Crippen molar-refractivity contribution < 1.29 is 19.1 Å². The summed E-state index contributed by atoms with van der Waals surface area (Å²) in [6, 6.07) is 13.1. The third-order valence-corrected chi connectivity index (χ3v) is 6.99. The van der Waals surface area contributed by atoms with Gasteiger partial charge in [-0.05, 0) is 63.0 Å². The van der Waals surface area contributed by atoms with Gasteiger partial charge in [-0.15, -0.1) is 0 Å². The number of carbonyl (C=O) groups is 2. The Kier molecular flexibility index (Phi) is 6.42. The van der Waals surface area contributed by atoms with Crippen LogP contribution in [0.25, 0.3) is 0 Å². The largest absolute Gasteiger partial charge is 0.490 e. The molecule has 0 spiro atoms.